The summed E-state index contributed by atoms with van der Waals surface area (Å²) in [6, 6.07) is 14.0. The molecule has 4 aromatic rings. The zero-order chi connectivity index (χ0) is 21.5. The molecule has 0 aliphatic heterocycles. The first-order valence-electron chi connectivity index (χ1n) is 10.5. The minimum absolute atomic E-state index is 0.0372. The fourth-order valence-electron chi connectivity index (χ4n) is 4.20. The average Bonchev–Trinajstić information content (AvgIpc) is 3.14. The zero-order valence-corrected chi connectivity index (χ0v) is 20.0. The number of aromatic nitrogens is 2. The van der Waals surface area contributed by atoms with Gasteiger partial charge in [-0.1, -0.05) is 47.1 Å². The third-order valence-electron chi connectivity index (χ3n) is 5.90. The van der Waals surface area contributed by atoms with Crippen LogP contribution in [0, 0.1) is 13.8 Å². The van der Waals surface area contributed by atoms with Gasteiger partial charge in [0.1, 0.15) is 4.83 Å². The normalized spacial score (nSPS) is 13.5. The molecule has 158 valence electrons. The van der Waals surface area contributed by atoms with Gasteiger partial charge >= 0.3 is 0 Å². The van der Waals surface area contributed by atoms with Crippen LogP contribution in [0.2, 0.25) is 5.02 Å². The first kappa shape index (κ1) is 20.8. The number of nitrogens with zero attached hydrogens (tertiary/aromatic N) is 2. The van der Waals surface area contributed by atoms with Gasteiger partial charge in [0.15, 0.2) is 5.16 Å². The molecule has 0 spiro atoms. The number of aryl methyl sites for hydroxylation is 4. The number of thiophene rings is 1. The Balaban J connectivity index is 1.66. The minimum atomic E-state index is 0.0372. The lowest BCUT2D eigenvalue weighted by atomic mass is 9.97. The highest BCUT2D eigenvalue weighted by atomic mass is 35.5. The quantitative estimate of drug-likeness (QED) is 0.242. The summed E-state index contributed by atoms with van der Waals surface area (Å²) in [6.07, 6.45) is 4.37. The molecule has 5 rings (SSSR count). The zero-order valence-electron chi connectivity index (χ0n) is 17.6. The van der Waals surface area contributed by atoms with Gasteiger partial charge in [-0.15, -0.1) is 11.3 Å². The predicted molar refractivity (Wildman–Crippen MR) is 132 cm³/mol. The van der Waals surface area contributed by atoms with Gasteiger partial charge in [0.05, 0.1) is 11.1 Å². The Bertz CT molecular complexity index is 1340. The molecule has 0 N–H and O–H groups in total. The van der Waals surface area contributed by atoms with Crippen molar-refractivity contribution in [2.24, 2.45) is 0 Å². The van der Waals surface area contributed by atoms with Gasteiger partial charge in [0.25, 0.3) is 5.56 Å². The van der Waals surface area contributed by atoms with E-state index in [0.29, 0.717) is 5.02 Å². The SMILES string of the molecule is Cc1ccc(C)c(CSc2nc3sc4c(c3c(=O)n2-c2ccc(Cl)cc2)CCCC4)c1. The predicted octanol–water partition coefficient (Wildman–Crippen LogP) is 6.89. The van der Waals surface area contributed by atoms with Crippen molar-refractivity contribution in [3.63, 3.8) is 0 Å². The third-order valence-corrected chi connectivity index (χ3v) is 8.33. The van der Waals surface area contributed by atoms with E-state index in [1.165, 1.54) is 33.6 Å². The summed E-state index contributed by atoms with van der Waals surface area (Å²) in [5.41, 5.74) is 5.83. The van der Waals surface area contributed by atoms with Crippen LogP contribution >= 0.6 is 34.7 Å². The molecule has 3 nitrogen and oxygen atoms in total. The van der Waals surface area contributed by atoms with Crippen LogP contribution in [-0.2, 0) is 18.6 Å². The molecule has 0 radical (unpaired) electrons. The van der Waals surface area contributed by atoms with Crippen LogP contribution in [0.15, 0.2) is 52.4 Å². The van der Waals surface area contributed by atoms with Crippen molar-refractivity contribution in [1.29, 1.82) is 0 Å². The van der Waals surface area contributed by atoms with Crippen molar-refractivity contribution >= 4 is 44.9 Å². The second-order valence-corrected chi connectivity index (χ2v) is 10.6. The molecule has 1 aliphatic rings. The van der Waals surface area contributed by atoms with Crippen molar-refractivity contribution in [2.75, 3.05) is 0 Å². The van der Waals surface area contributed by atoms with E-state index in [1.807, 2.05) is 24.3 Å². The van der Waals surface area contributed by atoms with Crippen LogP contribution in [0.5, 0.6) is 0 Å². The lowest BCUT2D eigenvalue weighted by Crippen LogP contribution is -2.22. The van der Waals surface area contributed by atoms with E-state index in [2.05, 4.69) is 32.0 Å². The maximum atomic E-state index is 13.8. The van der Waals surface area contributed by atoms with Gasteiger partial charge in [0, 0.05) is 15.7 Å². The maximum absolute atomic E-state index is 13.8. The molecule has 0 fully saturated rings. The van der Waals surface area contributed by atoms with Gasteiger partial charge in [0.2, 0.25) is 0 Å². The first-order chi connectivity index (χ1) is 15.0. The molecular weight excluding hydrogens is 444 g/mol. The van der Waals surface area contributed by atoms with E-state index in [9.17, 15) is 4.79 Å². The number of benzene rings is 2. The molecule has 0 atom stereocenters. The van der Waals surface area contributed by atoms with Gasteiger partial charge < -0.3 is 0 Å². The van der Waals surface area contributed by atoms with Crippen molar-refractivity contribution < 1.29 is 0 Å². The summed E-state index contributed by atoms with van der Waals surface area (Å²) in [6.45, 7) is 4.24. The molecular formula is C25H23ClN2OS2. The third kappa shape index (κ3) is 3.95. The molecule has 0 saturated heterocycles. The van der Waals surface area contributed by atoms with Gasteiger partial charge in [-0.25, -0.2) is 4.98 Å². The summed E-state index contributed by atoms with van der Waals surface area (Å²) in [5, 5.41) is 2.20. The number of halogens is 1. The summed E-state index contributed by atoms with van der Waals surface area (Å²) >= 11 is 9.44. The van der Waals surface area contributed by atoms with E-state index >= 15 is 0 Å². The Kier molecular flexibility index (Phi) is 5.67. The van der Waals surface area contributed by atoms with E-state index < -0.39 is 0 Å². The van der Waals surface area contributed by atoms with Gasteiger partial charge in [-0.3, -0.25) is 9.36 Å². The monoisotopic (exact) mass is 466 g/mol. The standard InChI is InChI=1S/C25H23ClN2OS2/c1-15-7-8-16(2)17(13-15)14-30-25-27-23-22(20-5-3-4-6-21(20)31-23)24(29)28(25)19-11-9-18(26)10-12-19/h7-13H,3-6,14H2,1-2H3. The van der Waals surface area contributed by atoms with Gasteiger partial charge in [-0.2, -0.15) is 0 Å². The summed E-state index contributed by atoms with van der Waals surface area (Å²) < 4.78 is 1.77. The number of hydrogen-bond donors (Lipinski definition) is 0. The molecule has 2 aromatic heterocycles. The van der Waals surface area contributed by atoms with E-state index in [0.717, 1.165) is 46.1 Å². The Hall–Kier alpha value is -2.08. The average molecular weight is 467 g/mol. The molecule has 6 heteroatoms. The van der Waals surface area contributed by atoms with Crippen LogP contribution in [-0.4, -0.2) is 9.55 Å². The Morgan fingerprint density at radius 1 is 1.10 bits per heavy atom. The highest BCUT2D eigenvalue weighted by molar-refractivity contribution is 7.98. The smallest absolute Gasteiger partial charge is 0.267 e. The highest BCUT2D eigenvalue weighted by Gasteiger charge is 2.23. The number of thioether (sulfide) groups is 1. The Morgan fingerprint density at radius 2 is 1.87 bits per heavy atom. The van der Waals surface area contributed by atoms with Crippen LogP contribution in [0.25, 0.3) is 15.9 Å². The van der Waals surface area contributed by atoms with Crippen LogP contribution in [0.4, 0.5) is 0 Å². The molecule has 2 aromatic carbocycles. The molecule has 31 heavy (non-hydrogen) atoms. The van der Waals surface area contributed by atoms with E-state index in [4.69, 9.17) is 16.6 Å². The highest BCUT2D eigenvalue weighted by Crippen LogP contribution is 2.36. The van der Waals surface area contributed by atoms with Crippen molar-refractivity contribution in [2.45, 2.75) is 50.4 Å². The fourth-order valence-corrected chi connectivity index (χ4v) is 6.70. The molecule has 2 heterocycles. The van der Waals surface area contributed by atoms with Crippen LogP contribution in [0.1, 0.15) is 40.0 Å². The largest absolute Gasteiger partial charge is 0.268 e. The Morgan fingerprint density at radius 3 is 2.68 bits per heavy atom. The number of hydrogen-bond acceptors (Lipinski definition) is 4. The minimum Gasteiger partial charge on any atom is -0.268 e. The molecule has 0 saturated carbocycles. The lowest BCUT2D eigenvalue weighted by Gasteiger charge is -2.14. The van der Waals surface area contributed by atoms with Crippen molar-refractivity contribution in [3.05, 3.63) is 85.0 Å². The van der Waals surface area contributed by atoms with E-state index in [1.54, 1.807) is 27.7 Å². The van der Waals surface area contributed by atoms with Crippen molar-refractivity contribution in [1.82, 2.24) is 9.55 Å². The molecule has 0 bridgehead atoms. The second kappa shape index (κ2) is 8.45. The lowest BCUT2D eigenvalue weighted by molar-refractivity contribution is 0.699. The summed E-state index contributed by atoms with van der Waals surface area (Å²) in [4.78, 5) is 21.0. The van der Waals surface area contributed by atoms with E-state index in [-0.39, 0.29) is 5.56 Å². The molecule has 0 unspecified atom stereocenters. The Labute approximate surface area is 195 Å². The van der Waals surface area contributed by atoms with Crippen molar-refractivity contribution in [3.8, 4) is 5.69 Å². The molecule has 0 amide bonds. The summed E-state index contributed by atoms with van der Waals surface area (Å²) in [5.74, 6) is 0.768. The first-order valence-corrected chi connectivity index (χ1v) is 12.7. The fraction of sp³-hybridized carbons (Fsp3) is 0.280. The summed E-state index contributed by atoms with van der Waals surface area (Å²) in [7, 11) is 0. The van der Waals surface area contributed by atoms with Gasteiger partial charge in [-0.05, 0) is 80.5 Å². The number of rotatable bonds is 4. The number of fused-ring (bicyclic) bond motifs is 3. The van der Waals surface area contributed by atoms with Crippen LogP contribution < -0.4 is 5.56 Å². The maximum Gasteiger partial charge on any atom is 0.267 e. The van der Waals surface area contributed by atoms with Crippen LogP contribution in [0.3, 0.4) is 0 Å². The second-order valence-electron chi connectivity index (χ2n) is 8.12. The topological polar surface area (TPSA) is 34.9 Å². The molecule has 1 aliphatic carbocycles.